The van der Waals surface area contributed by atoms with Gasteiger partial charge in [0, 0.05) is 19.5 Å². The number of nitrogens with zero attached hydrogens (tertiary/aromatic N) is 4. The minimum atomic E-state index is -0.376. The molecule has 7 heteroatoms. The van der Waals surface area contributed by atoms with Gasteiger partial charge in [-0.2, -0.15) is 0 Å². The first-order chi connectivity index (χ1) is 9.68. The maximum Gasteiger partial charge on any atom is 0.332 e. The standard InChI is InChI=1S/C14H20N4O2S/c1-7-21-10-8-9(15-12(16-10)14(2,3)4)17(5)13(20)18(6)11(8)19/h7H2,1-6H3. The monoisotopic (exact) mass is 308 g/mol. The van der Waals surface area contributed by atoms with E-state index >= 15 is 0 Å². The number of thioether (sulfide) groups is 1. The third kappa shape index (κ3) is 2.62. The highest BCUT2D eigenvalue weighted by molar-refractivity contribution is 7.99. The van der Waals surface area contributed by atoms with Crippen LogP contribution in [-0.4, -0.2) is 24.9 Å². The van der Waals surface area contributed by atoms with E-state index in [0.717, 1.165) is 10.3 Å². The number of rotatable bonds is 2. The molecule has 0 N–H and O–H groups in total. The van der Waals surface area contributed by atoms with E-state index in [4.69, 9.17) is 0 Å². The van der Waals surface area contributed by atoms with Crippen LogP contribution in [0.1, 0.15) is 33.5 Å². The zero-order chi connectivity index (χ0) is 15.9. The zero-order valence-electron chi connectivity index (χ0n) is 13.2. The summed E-state index contributed by atoms with van der Waals surface area (Å²) in [5.74, 6) is 1.43. The van der Waals surface area contributed by atoms with E-state index in [1.54, 1.807) is 7.05 Å². The zero-order valence-corrected chi connectivity index (χ0v) is 14.0. The van der Waals surface area contributed by atoms with E-state index in [1.807, 2.05) is 27.7 Å². The van der Waals surface area contributed by atoms with Gasteiger partial charge in [-0.15, -0.1) is 11.8 Å². The van der Waals surface area contributed by atoms with Crippen molar-refractivity contribution in [3.63, 3.8) is 0 Å². The summed E-state index contributed by atoms with van der Waals surface area (Å²) in [6.45, 7) is 8.02. The summed E-state index contributed by atoms with van der Waals surface area (Å²) in [5, 5.41) is 1.06. The number of hydrogen-bond donors (Lipinski definition) is 0. The van der Waals surface area contributed by atoms with Crippen LogP contribution < -0.4 is 11.2 Å². The van der Waals surface area contributed by atoms with Gasteiger partial charge < -0.3 is 0 Å². The predicted octanol–water partition coefficient (Wildman–Crippen LogP) is 1.44. The lowest BCUT2D eigenvalue weighted by atomic mass is 9.96. The summed E-state index contributed by atoms with van der Waals surface area (Å²) in [7, 11) is 3.10. The number of aryl methyl sites for hydroxylation is 1. The third-order valence-corrected chi connectivity index (χ3v) is 4.08. The molecule has 2 rings (SSSR count). The Hall–Kier alpha value is -1.63. The van der Waals surface area contributed by atoms with Crippen LogP contribution in [0.5, 0.6) is 0 Å². The molecule has 21 heavy (non-hydrogen) atoms. The normalized spacial score (nSPS) is 12.1. The summed E-state index contributed by atoms with van der Waals surface area (Å²) in [6.07, 6.45) is 0. The van der Waals surface area contributed by atoms with Crippen LogP contribution in [0.3, 0.4) is 0 Å². The van der Waals surface area contributed by atoms with Gasteiger partial charge in [0.15, 0.2) is 5.65 Å². The van der Waals surface area contributed by atoms with Gasteiger partial charge in [0.2, 0.25) is 0 Å². The molecule has 2 aromatic rings. The van der Waals surface area contributed by atoms with Crippen molar-refractivity contribution < 1.29 is 0 Å². The van der Waals surface area contributed by atoms with E-state index in [2.05, 4.69) is 9.97 Å². The molecule has 0 bridgehead atoms. The van der Waals surface area contributed by atoms with Gasteiger partial charge in [-0.3, -0.25) is 13.9 Å². The topological polar surface area (TPSA) is 69.8 Å². The maximum atomic E-state index is 12.4. The fraction of sp³-hybridized carbons (Fsp3) is 0.571. The van der Waals surface area contributed by atoms with Gasteiger partial charge in [-0.25, -0.2) is 14.8 Å². The Labute approximate surface area is 127 Å². The van der Waals surface area contributed by atoms with E-state index in [1.165, 1.54) is 23.4 Å². The van der Waals surface area contributed by atoms with Crippen molar-refractivity contribution in [1.29, 1.82) is 0 Å². The predicted molar refractivity (Wildman–Crippen MR) is 85.1 cm³/mol. The minimum absolute atomic E-state index is 0.256. The first-order valence-corrected chi connectivity index (χ1v) is 7.78. The number of fused-ring (bicyclic) bond motifs is 1. The van der Waals surface area contributed by atoms with Crippen molar-refractivity contribution in [2.45, 2.75) is 38.1 Å². The van der Waals surface area contributed by atoms with Crippen LogP contribution in [0.15, 0.2) is 14.6 Å². The highest BCUT2D eigenvalue weighted by Gasteiger charge is 2.23. The molecular formula is C14H20N4O2S. The van der Waals surface area contributed by atoms with Crippen molar-refractivity contribution in [3.8, 4) is 0 Å². The van der Waals surface area contributed by atoms with Gasteiger partial charge in [0.25, 0.3) is 5.56 Å². The Bertz CT molecular complexity index is 815. The van der Waals surface area contributed by atoms with Gasteiger partial charge in [0.1, 0.15) is 16.2 Å². The molecule has 0 saturated heterocycles. The molecule has 0 aliphatic rings. The van der Waals surface area contributed by atoms with E-state index in [-0.39, 0.29) is 16.7 Å². The summed E-state index contributed by atoms with van der Waals surface area (Å²) < 4.78 is 2.51. The third-order valence-electron chi connectivity index (χ3n) is 3.22. The molecule has 0 fully saturated rings. The fourth-order valence-electron chi connectivity index (χ4n) is 2.01. The summed E-state index contributed by atoms with van der Waals surface area (Å²) >= 11 is 1.49. The van der Waals surface area contributed by atoms with Crippen LogP contribution in [0.4, 0.5) is 0 Å². The van der Waals surface area contributed by atoms with Crippen molar-refractivity contribution in [2.75, 3.05) is 5.75 Å². The average molecular weight is 308 g/mol. The van der Waals surface area contributed by atoms with Crippen molar-refractivity contribution in [3.05, 3.63) is 26.7 Å². The summed E-state index contributed by atoms with van der Waals surface area (Å²) in [6, 6.07) is 0. The molecule has 0 aromatic carbocycles. The van der Waals surface area contributed by atoms with Crippen LogP contribution in [-0.2, 0) is 19.5 Å². The molecule has 0 aliphatic heterocycles. The van der Waals surface area contributed by atoms with Gasteiger partial charge in [0.05, 0.1) is 0 Å². The Morgan fingerprint density at radius 3 is 2.24 bits per heavy atom. The second kappa shape index (κ2) is 5.29. The highest BCUT2D eigenvalue weighted by Crippen LogP contribution is 2.26. The molecule has 0 spiro atoms. The second-order valence-electron chi connectivity index (χ2n) is 5.94. The van der Waals surface area contributed by atoms with Crippen molar-refractivity contribution in [2.24, 2.45) is 14.1 Å². The Kier molecular flexibility index (Phi) is 3.97. The van der Waals surface area contributed by atoms with Gasteiger partial charge >= 0.3 is 5.69 Å². The van der Waals surface area contributed by atoms with Gasteiger partial charge in [-0.1, -0.05) is 27.7 Å². The molecule has 0 saturated carbocycles. The number of aromatic nitrogens is 4. The molecule has 0 atom stereocenters. The highest BCUT2D eigenvalue weighted by atomic mass is 32.2. The molecule has 6 nitrogen and oxygen atoms in total. The molecule has 114 valence electrons. The average Bonchev–Trinajstić information content (AvgIpc) is 2.41. The molecule has 2 heterocycles. The fourth-order valence-corrected chi connectivity index (χ4v) is 2.75. The number of hydrogen-bond acceptors (Lipinski definition) is 5. The summed E-state index contributed by atoms with van der Waals surface area (Å²) in [5.41, 5.74) is -0.573. The molecule has 2 aromatic heterocycles. The molecule has 0 unspecified atom stereocenters. The molecule has 0 radical (unpaired) electrons. The van der Waals surface area contributed by atoms with E-state index in [0.29, 0.717) is 21.9 Å². The quantitative estimate of drug-likeness (QED) is 0.620. The van der Waals surface area contributed by atoms with E-state index < -0.39 is 0 Å². The molecular weight excluding hydrogens is 288 g/mol. The molecule has 0 aliphatic carbocycles. The van der Waals surface area contributed by atoms with Crippen molar-refractivity contribution in [1.82, 2.24) is 19.1 Å². The summed E-state index contributed by atoms with van der Waals surface area (Å²) in [4.78, 5) is 33.5. The van der Waals surface area contributed by atoms with Crippen LogP contribution in [0.25, 0.3) is 11.0 Å². The smallest absolute Gasteiger partial charge is 0.280 e. The first kappa shape index (κ1) is 15.8. The maximum absolute atomic E-state index is 12.4. The van der Waals surface area contributed by atoms with Crippen molar-refractivity contribution >= 4 is 22.8 Å². The SMILES string of the molecule is CCSc1nc(C(C)(C)C)nc2c1c(=O)n(C)c(=O)n2C. The minimum Gasteiger partial charge on any atom is -0.280 e. The van der Waals surface area contributed by atoms with Gasteiger partial charge in [-0.05, 0) is 5.75 Å². The Balaban J connectivity index is 3.03. The largest absolute Gasteiger partial charge is 0.332 e. The first-order valence-electron chi connectivity index (χ1n) is 6.79. The Morgan fingerprint density at radius 1 is 1.10 bits per heavy atom. The lowest BCUT2D eigenvalue weighted by Crippen LogP contribution is -2.38. The lowest BCUT2D eigenvalue weighted by Gasteiger charge is -2.19. The van der Waals surface area contributed by atoms with Crippen LogP contribution in [0.2, 0.25) is 0 Å². The molecule has 0 amide bonds. The Morgan fingerprint density at radius 2 is 1.71 bits per heavy atom. The van der Waals surface area contributed by atoms with Crippen LogP contribution in [0, 0.1) is 0 Å². The second-order valence-corrected chi connectivity index (χ2v) is 7.19. The van der Waals surface area contributed by atoms with Crippen LogP contribution >= 0.6 is 11.8 Å². The van der Waals surface area contributed by atoms with E-state index in [9.17, 15) is 9.59 Å². The lowest BCUT2D eigenvalue weighted by molar-refractivity contribution is 0.539.